The quantitative estimate of drug-likeness (QED) is 0.586. The average Bonchev–Trinajstić information content (AvgIpc) is 2.89. The zero-order valence-corrected chi connectivity index (χ0v) is 15.1. The van der Waals surface area contributed by atoms with Gasteiger partial charge < -0.3 is 10.1 Å². The molecule has 1 aromatic heterocycles. The fraction of sp³-hybridized carbons (Fsp3) is 0.176. The van der Waals surface area contributed by atoms with Crippen LogP contribution in [0, 0.1) is 11.3 Å². The first-order chi connectivity index (χ1) is 11.0. The lowest BCUT2D eigenvalue weighted by Crippen LogP contribution is -2.13. The Labute approximate surface area is 147 Å². The van der Waals surface area contributed by atoms with E-state index in [1.54, 1.807) is 24.3 Å². The third-order valence-corrected chi connectivity index (χ3v) is 4.28. The van der Waals surface area contributed by atoms with Crippen LogP contribution < -0.4 is 10.1 Å². The molecule has 2 aromatic rings. The number of nitrogens with one attached hydrogen (secondary N) is 1. The molecular formula is C17H15BrN2O2S. The minimum atomic E-state index is -0.446. The van der Waals surface area contributed by atoms with Gasteiger partial charge >= 0.3 is 0 Å². The van der Waals surface area contributed by atoms with E-state index in [1.165, 1.54) is 11.3 Å². The highest BCUT2D eigenvalue weighted by atomic mass is 79.9. The van der Waals surface area contributed by atoms with Crippen LogP contribution in [-0.2, 0) is 4.79 Å². The smallest absolute Gasteiger partial charge is 0.266 e. The second-order valence-corrected chi connectivity index (χ2v) is 7.45. The molecular weight excluding hydrogens is 376 g/mol. The van der Waals surface area contributed by atoms with E-state index >= 15 is 0 Å². The molecule has 0 bridgehead atoms. The number of hydrogen-bond acceptors (Lipinski definition) is 4. The second-order valence-electron chi connectivity index (χ2n) is 4.96. The minimum Gasteiger partial charge on any atom is -0.491 e. The van der Waals surface area contributed by atoms with Crippen molar-refractivity contribution in [3.05, 3.63) is 50.6 Å². The standard InChI is InChI=1S/C17H15BrN2O2S/c1-11(2)22-14-5-3-4-13(9-14)20-17(21)12(10-19)8-15-6-7-16(18)23-15/h3-9,11H,1-2H3,(H,20,21)/b12-8-. The number of halogens is 1. The van der Waals surface area contributed by atoms with Crippen molar-refractivity contribution in [2.75, 3.05) is 5.32 Å². The van der Waals surface area contributed by atoms with Crippen LogP contribution >= 0.6 is 27.3 Å². The van der Waals surface area contributed by atoms with Crippen LogP contribution in [0.4, 0.5) is 5.69 Å². The molecule has 1 N–H and O–H groups in total. The molecule has 0 saturated heterocycles. The van der Waals surface area contributed by atoms with Gasteiger partial charge in [0, 0.05) is 16.6 Å². The largest absolute Gasteiger partial charge is 0.491 e. The summed E-state index contributed by atoms with van der Waals surface area (Å²) in [5.74, 6) is 0.223. The van der Waals surface area contributed by atoms with Gasteiger partial charge in [0.2, 0.25) is 0 Å². The lowest BCUT2D eigenvalue weighted by molar-refractivity contribution is -0.112. The van der Waals surface area contributed by atoms with Crippen LogP contribution in [0.5, 0.6) is 5.75 Å². The van der Waals surface area contributed by atoms with Crippen LogP contribution in [-0.4, -0.2) is 12.0 Å². The number of carbonyl (C=O) groups is 1. The number of nitriles is 1. The Kier molecular flexibility index (Phi) is 5.97. The Balaban J connectivity index is 2.14. The summed E-state index contributed by atoms with van der Waals surface area (Å²) in [7, 11) is 0. The van der Waals surface area contributed by atoms with E-state index in [0.717, 1.165) is 8.66 Å². The van der Waals surface area contributed by atoms with E-state index in [0.29, 0.717) is 11.4 Å². The highest BCUT2D eigenvalue weighted by Gasteiger charge is 2.11. The van der Waals surface area contributed by atoms with Gasteiger partial charge in [0.25, 0.3) is 5.91 Å². The molecule has 0 aliphatic heterocycles. The van der Waals surface area contributed by atoms with E-state index < -0.39 is 5.91 Å². The normalized spacial score (nSPS) is 11.2. The Hall–Kier alpha value is -2.10. The Morgan fingerprint density at radius 1 is 1.39 bits per heavy atom. The van der Waals surface area contributed by atoms with E-state index in [4.69, 9.17) is 4.74 Å². The average molecular weight is 391 g/mol. The van der Waals surface area contributed by atoms with Crippen molar-refractivity contribution in [2.45, 2.75) is 20.0 Å². The maximum absolute atomic E-state index is 12.2. The molecule has 6 heteroatoms. The van der Waals surface area contributed by atoms with Crippen LogP contribution in [0.25, 0.3) is 6.08 Å². The van der Waals surface area contributed by atoms with Gasteiger partial charge in [0.1, 0.15) is 17.4 Å². The molecule has 118 valence electrons. The molecule has 0 aliphatic carbocycles. The van der Waals surface area contributed by atoms with Crippen molar-refractivity contribution in [2.24, 2.45) is 0 Å². The summed E-state index contributed by atoms with van der Waals surface area (Å²) >= 11 is 4.81. The van der Waals surface area contributed by atoms with Crippen LogP contribution in [0.1, 0.15) is 18.7 Å². The highest BCUT2D eigenvalue weighted by Crippen LogP contribution is 2.24. The molecule has 0 radical (unpaired) electrons. The molecule has 23 heavy (non-hydrogen) atoms. The number of amides is 1. The first-order valence-corrected chi connectivity index (χ1v) is 8.54. The summed E-state index contributed by atoms with van der Waals surface area (Å²) in [5.41, 5.74) is 0.635. The summed E-state index contributed by atoms with van der Waals surface area (Å²) < 4.78 is 6.53. The van der Waals surface area contributed by atoms with Gasteiger partial charge in [-0.2, -0.15) is 5.26 Å². The Bertz CT molecular complexity index is 775. The summed E-state index contributed by atoms with van der Waals surface area (Å²) in [4.78, 5) is 13.1. The molecule has 0 unspecified atom stereocenters. The van der Waals surface area contributed by atoms with E-state index in [9.17, 15) is 10.1 Å². The van der Waals surface area contributed by atoms with E-state index in [1.807, 2.05) is 38.1 Å². The number of anilines is 1. The fourth-order valence-corrected chi connectivity index (χ4v) is 3.18. The third-order valence-electron chi connectivity index (χ3n) is 2.71. The van der Waals surface area contributed by atoms with Gasteiger partial charge in [0.15, 0.2) is 0 Å². The number of benzene rings is 1. The van der Waals surface area contributed by atoms with Gasteiger partial charge in [-0.3, -0.25) is 4.79 Å². The molecule has 4 nitrogen and oxygen atoms in total. The van der Waals surface area contributed by atoms with Gasteiger partial charge in [-0.05, 0) is 60.1 Å². The topological polar surface area (TPSA) is 62.1 Å². The fourth-order valence-electron chi connectivity index (χ4n) is 1.81. The maximum Gasteiger partial charge on any atom is 0.266 e. The van der Waals surface area contributed by atoms with Gasteiger partial charge in [-0.1, -0.05) is 6.07 Å². The molecule has 1 heterocycles. The molecule has 0 fully saturated rings. The van der Waals surface area contributed by atoms with Crippen molar-refractivity contribution >= 4 is 44.9 Å². The van der Waals surface area contributed by atoms with Gasteiger partial charge in [-0.15, -0.1) is 11.3 Å². The van der Waals surface area contributed by atoms with Crippen LogP contribution in [0.15, 0.2) is 45.8 Å². The lowest BCUT2D eigenvalue weighted by atomic mass is 10.2. The van der Waals surface area contributed by atoms with E-state index in [-0.39, 0.29) is 11.7 Å². The van der Waals surface area contributed by atoms with Crippen molar-refractivity contribution in [3.63, 3.8) is 0 Å². The first-order valence-electron chi connectivity index (χ1n) is 6.93. The zero-order valence-electron chi connectivity index (χ0n) is 12.7. The number of ether oxygens (including phenoxy) is 1. The minimum absolute atomic E-state index is 0.0489. The SMILES string of the molecule is CC(C)Oc1cccc(NC(=O)/C(C#N)=C\c2ccc(Br)s2)c1. The van der Waals surface area contributed by atoms with Crippen molar-refractivity contribution < 1.29 is 9.53 Å². The summed E-state index contributed by atoms with van der Waals surface area (Å²) in [6, 6.07) is 12.7. The van der Waals surface area contributed by atoms with E-state index in [2.05, 4.69) is 21.2 Å². The molecule has 0 aliphatic rings. The molecule has 0 saturated carbocycles. The maximum atomic E-state index is 12.2. The summed E-state index contributed by atoms with van der Waals surface area (Å²) in [6.45, 7) is 3.86. The highest BCUT2D eigenvalue weighted by molar-refractivity contribution is 9.11. The summed E-state index contributed by atoms with van der Waals surface area (Å²) in [6.07, 6.45) is 1.62. The molecule has 1 aromatic carbocycles. The Morgan fingerprint density at radius 3 is 2.78 bits per heavy atom. The lowest BCUT2D eigenvalue weighted by Gasteiger charge is -2.11. The monoisotopic (exact) mass is 390 g/mol. The zero-order chi connectivity index (χ0) is 16.8. The summed E-state index contributed by atoms with van der Waals surface area (Å²) in [5, 5.41) is 11.9. The van der Waals surface area contributed by atoms with Crippen molar-refractivity contribution in [1.82, 2.24) is 0 Å². The van der Waals surface area contributed by atoms with Crippen molar-refractivity contribution in [1.29, 1.82) is 5.26 Å². The molecule has 0 spiro atoms. The predicted octanol–water partition coefficient (Wildman–Crippen LogP) is 4.84. The molecule has 1 amide bonds. The number of carbonyl (C=O) groups excluding carboxylic acids is 1. The number of hydrogen-bond donors (Lipinski definition) is 1. The third kappa shape index (κ3) is 5.23. The Morgan fingerprint density at radius 2 is 2.17 bits per heavy atom. The molecule has 0 atom stereocenters. The van der Waals surface area contributed by atoms with Crippen molar-refractivity contribution in [3.8, 4) is 11.8 Å². The van der Waals surface area contributed by atoms with Gasteiger partial charge in [-0.25, -0.2) is 0 Å². The first kappa shape index (κ1) is 17.3. The van der Waals surface area contributed by atoms with Crippen LogP contribution in [0.2, 0.25) is 0 Å². The number of nitrogens with zero attached hydrogens (tertiary/aromatic N) is 1. The van der Waals surface area contributed by atoms with Gasteiger partial charge in [0.05, 0.1) is 9.89 Å². The predicted molar refractivity (Wildman–Crippen MR) is 96.4 cm³/mol. The number of rotatable bonds is 5. The number of thiophene rings is 1. The van der Waals surface area contributed by atoms with Crippen LogP contribution in [0.3, 0.4) is 0 Å². The second kappa shape index (κ2) is 7.95. The molecule has 2 rings (SSSR count).